The zero-order valence-corrected chi connectivity index (χ0v) is 11.3. The molecule has 1 heterocycles. The second-order valence-electron chi connectivity index (χ2n) is 4.67. The fourth-order valence-corrected chi connectivity index (χ4v) is 2.14. The van der Waals surface area contributed by atoms with E-state index in [9.17, 15) is 4.79 Å². The van der Waals surface area contributed by atoms with Gasteiger partial charge >= 0.3 is 0 Å². The first-order chi connectivity index (χ1) is 10.4. The van der Waals surface area contributed by atoms with E-state index >= 15 is 0 Å². The third-order valence-corrected chi connectivity index (χ3v) is 3.31. The topological polar surface area (TPSA) is 163 Å². The summed E-state index contributed by atoms with van der Waals surface area (Å²) in [6.45, 7) is 0. The molecule has 0 amide bonds. The maximum Gasteiger partial charge on any atom is 0.256 e. The van der Waals surface area contributed by atoms with Crippen LogP contribution in [0.4, 0.5) is 0 Å². The lowest BCUT2D eigenvalue weighted by Gasteiger charge is -2.26. The Morgan fingerprint density at radius 2 is 1.32 bits per heavy atom. The summed E-state index contributed by atoms with van der Waals surface area (Å²) in [5.41, 5.74) is 22.4. The molecule has 0 aromatic heterocycles. The highest BCUT2D eigenvalue weighted by Crippen LogP contribution is 2.36. The number of hydrogen-bond donors (Lipinski definition) is 5. The Morgan fingerprint density at radius 3 is 1.86 bits per heavy atom. The summed E-state index contributed by atoms with van der Waals surface area (Å²) in [6.07, 6.45) is 0. The number of hydrogen-bond acceptors (Lipinski definition) is 8. The molecule has 0 unspecified atom stereocenters. The lowest BCUT2D eigenvalue weighted by molar-refractivity contribution is -0.112. The van der Waals surface area contributed by atoms with Crippen LogP contribution in [-0.4, -0.2) is 11.7 Å². The smallest absolute Gasteiger partial charge is 0.256 e. The Morgan fingerprint density at radius 1 is 0.818 bits per heavy atom. The number of para-hydroxylation sites is 2. The molecular weight excluding hydrogens is 286 g/mol. The summed E-state index contributed by atoms with van der Waals surface area (Å²) in [7, 11) is 0. The van der Waals surface area contributed by atoms with Gasteiger partial charge in [-0.05, 0) is 12.1 Å². The SMILES string of the molecule is N=C1Oc2ccccc2OC1=C1C(N)=C(N)C(=O)C(N)=C1N. The normalized spacial score (nSPS) is 18.2. The standard InChI is InChI=1S/C14H13N5O3/c15-8-7(9(16)11(18)12(20)10(8)17)13-14(19)22-6-4-2-1-3-5(6)21-13/h1-4,19H,15-18H2. The number of carbonyl (C=O) groups excluding carboxylic acids is 1. The molecule has 2 aliphatic rings. The van der Waals surface area contributed by atoms with E-state index in [1.807, 2.05) is 0 Å². The van der Waals surface area contributed by atoms with Gasteiger partial charge in [-0.2, -0.15) is 0 Å². The average Bonchev–Trinajstić information content (AvgIpc) is 2.51. The molecular formula is C14H13N5O3. The van der Waals surface area contributed by atoms with Crippen molar-refractivity contribution in [1.82, 2.24) is 0 Å². The summed E-state index contributed by atoms with van der Waals surface area (Å²) in [5.74, 6) is -0.241. The van der Waals surface area contributed by atoms with E-state index in [-0.39, 0.29) is 40.0 Å². The van der Waals surface area contributed by atoms with Gasteiger partial charge in [-0.1, -0.05) is 12.1 Å². The molecule has 3 rings (SSSR count). The second-order valence-corrected chi connectivity index (χ2v) is 4.67. The molecule has 0 radical (unpaired) electrons. The van der Waals surface area contributed by atoms with Gasteiger partial charge in [0.15, 0.2) is 11.5 Å². The molecule has 9 N–H and O–H groups in total. The molecule has 112 valence electrons. The number of rotatable bonds is 0. The zero-order valence-electron chi connectivity index (χ0n) is 11.3. The minimum absolute atomic E-state index is 0.0490. The monoisotopic (exact) mass is 299 g/mol. The van der Waals surface area contributed by atoms with E-state index in [1.54, 1.807) is 24.3 Å². The van der Waals surface area contributed by atoms with Crippen molar-refractivity contribution in [1.29, 1.82) is 5.41 Å². The number of carbonyl (C=O) groups is 1. The molecule has 1 aliphatic carbocycles. The van der Waals surface area contributed by atoms with Crippen molar-refractivity contribution in [3.63, 3.8) is 0 Å². The lowest BCUT2D eigenvalue weighted by atomic mass is 9.95. The largest absolute Gasteiger partial charge is 0.447 e. The minimum Gasteiger partial charge on any atom is -0.447 e. The van der Waals surface area contributed by atoms with Crippen molar-refractivity contribution in [2.45, 2.75) is 0 Å². The fourth-order valence-electron chi connectivity index (χ4n) is 2.14. The molecule has 8 nitrogen and oxygen atoms in total. The molecule has 1 aliphatic heterocycles. The Labute approximate surface area is 125 Å². The lowest BCUT2D eigenvalue weighted by Crippen LogP contribution is -2.35. The summed E-state index contributed by atoms with van der Waals surface area (Å²) in [6, 6.07) is 6.79. The van der Waals surface area contributed by atoms with Gasteiger partial charge < -0.3 is 32.4 Å². The van der Waals surface area contributed by atoms with Gasteiger partial charge in [0.05, 0.1) is 17.0 Å². The number of nitrogens with one attached hydrogen (secondary N) is 1. The van der Waals surface area contributed by atoms with Gasteiger partial charge in [-0.3, -0.25) is 10.2 Å². The van der Waals surface area contributed by atoms with Crippen molar-refractivity contribution < 1.29 is 14.3 Å². The van der Waals surface area contributed by atoms with Crippen LogP contribution in [0.25, 0.3) is 0 Å². The van der Waals surface area contributed by atoms with Crippen molar-refractivity contribution in [3.8, 4) is 11.5 Å². The van der Waals surface area contributed by atoms with Crippen LogP contribution in [0.2, 0.25) is 0 Å². The van der Waals surface area contributed by atoms with E-state index < -0.39 is 5.78 Å². The van der Waals surface area contributed by atoms with E-state index in [1.165, 1.54) is 0 Å². The minimum atomic E-state index is -0.650. The van der Waals surface area contributed by atoms with Crippen LogP contribution in [0.15, 0.2) is 58.4 Å². The third-order valence-electron chi connectivity index (χ3n) is 3.31. The van der Waals surface area contributed by atoms with Crippen LogP contribution >= 0.6 is 0 Å². The molecule has 0 saturated carbocycles. The van der Waals surface area contributed by atoms with Crippen LogP contribution in [0.5, 0.6) is 11.5 Å². The highest BCUT2D eigenvalue weighted by atomic mass is 16.6. The predicted molar refractivity (Wildman–Crippen MR) is 78.3 cm³/mol. The number of benzene rings is 1. The highest BCUT2D eigenvalue weighted by molar-refractivity contribution is 6.11. The van der Waals surface area contributed by atoms with E-state index in [4.69, 9.17) is 37.8 Å². The summed E-state index contributed by atoms with van der Waals surface area (Å²) in [4.78, 5) is 11.8. The fraction of sp³-hybridized carbons (Fsp3) is 0. The van der Waals surface area contributed by atoms with Gasteiger partial charge in [-0.15, -0.1) is 0 Å². The molecule has 22 heavy (non-hydrogen) atoms. The van der Waals surface area contributed by atoms with Crippen molar-refractivity contribution >= 4 is 11.7 Å². The first kappa shape index (κ1) is 13.6. The molecule has 1 aromatic carbocycles. The summed E-state index contributed by atoms with van der Waals surface area (Å²) < 4.78 is 11.0. The number of nitrogens with two attached hydrogens (primary N) is 4. The third kappa shape index (κ3) is 1.78. The van der Waals surface area contributed by atoms with Crippen molar-refractivity contribution in [2.75, 3.05) is 0 Å². The van der Waals surface area contributed by atoms with Gasteiger partial charge in [0.1, 0.15) is 11.4 Å². The number of ketones is 1. The highest BCUT2D eigenvalue weighted by Gasteiger charge is 2.33. The molecule has 0 atom stereocenters. The molecule has 0 saturated heterocycles. The van der Waals surface area contributed by atoms with Gasteiger partial charge in [0.25, 0.3) is 5.90 Å². The maximum atomic E-state index is 11.8. The van der Waals surface area contributed by atoms with E-state index in [2.05, 4.69) is 0 Å². The Bertz CT molecular complexity index is 790. The molecule has 1 aromatic rings. The van der Waals surface area contributed by atoms with Gasteiger partial charge in [0.2, 0.25) is 11.5 Å². The number of fused-ring (bicyclic) bond motifs is 1. The van der Waals surface area contributed by atoms with Crippen molar-refractivity contribution in [2.24, 2.45) is 22.9 Å². The van der Waals surface area contributed by atoms with Crippen LogP contribution in [0.1, 0.15) is 0 Å². The van der Waals surface area contributed by atoms with Gasteiger partial charge in [0, 0.05) is 0 Å². The molecule has 0 spiro atoms. The Kier molecular flexibility index (Phi) is 2.81. The zero-order chi connectivity index (χ0) is 16.0. The first-order valence-corrected chi connectivity index (χ1v) is 6.25. The van der Waals surface area contributed by atoms with Crippen molar-refractivity contribution in [3.05, 3.63) is 58.4 Å². The molecule has 8 heteroatoms. The first-order valence-electron chi connectivity index (χ1n) is 6.25. The summed E-state index contributed by atoms with van der Waals surface area (Å²) >= 11 is 0. The number of ether oxygens (including phenoxy) is 2. The Balaban J connectivity index is 2.22. The number of Topliss-reactive ketones (excluding diaryl/α,β-unsaturated/α-hetero) is 1. The molecule has 0 fully saturated rings. The van der Waals surface area contributed by atoms with Crippen LogP contribution in [0, 0.1) is 5.41 Å². The predicted octanol–water partition coefficient (Wildman–Crippen LogP) is -0.470. The van der Waals surface area contributed by atoms with Crippen LogP contribution in [0.3, 0.4) is 0 Å². The molecule has 0 bridgehead atoms. The average molecular weight is 299 g/mol. The van der Waals surface area contributed by atoms with Crippen LogP contribution < -0.4 is 32.4 Å². The van der Waals surface area contributed by atoms with E-state index in [0.717, 1.165) is 0 Å². The second kappa shape index (κ2) is 4.55. The summed E-state index contributed by atoms with van der Waals surface area (Å²) in [5, 5.41) is 7.95. The van der Waals surface area contributed by atoms with Gasteiger partial charge in [-0.25, -0.2) is 0 Å². The maximum absolute atomic E-state index is 11.8. The Hall–Kier alpha value is -3.42. The quantitative estimate of drug-likeness (QED) is 0.432. The van der Waals surface area contributed by atoms with Crippen LogP contribution in [-0.2, 0) is 4.79 Å². The van der Waals surface area contributed by atoms with E-state index in [0.29, 0.717) is 11.5 Å².